The molecule has 0 unspecified atom stereocenters. The van der Waals surface area contributed by atoms with Gasteiger partial charge in [-0.3, -0.25) is 4.79 Å². The Labute approximate surface area is 88.2 Å². The Hall–Kier alpha value is -1.27. The third-order valence-corrected chi connectivity index (χ3v) is 1.78. The molecule has 0 aliphatic heterocycles. The van der Waals surface area contributed by atoms with Crippen LogP contribution in [0.25, 0.3) is 0 Å². The number of nitrogens with zero attached hydrogens (tertiary/aromatic N) is 3. The van der Waals surface area contributed by atoms with E-state index in [0.717, 1.165) is 6.42 Å². The fourth-order valence-corrected chi connectivity index (χ4v) is 1.04. The first kappa shape index (κ1) is 11.8. The zero-order valence-corrected chi connectivity index (χ0v) is 8.76. The van der Waals surface area contributed by atoms with Crippen molar-refractivity contribution in [3.63, 3.8) is 0 Å². The van der Waals surface area contributed by atoms with Crippen molar-refractivity contribution in [2.24, 2.45) is 0 Å². The predicted molar refractivity (Wildman–Crippen MR) is 52.7 cm³/mol. The standard InChI is InChI=1S/C9H15N3O3/c1-14-4-2-5-15-6-3-12-7-9(8-13)10-11-12/h7-8H,2-6H2,1H3. The first-order chi connectivity index (χ1) is 7.36. The number of aldehydes is 1. The molecule has 0 saturated heterocycles. The number of hydrogen-bond donors (Lipinski definition) is 0. The van der Waals surface area contributed by atoms with Crippen molar-refractivity contribution in [3.05, 3.63) is 11.9 Å². The lowest BCUT2D eigenvalue weighted by Crippen LogP contribution is -2.08. The number of aromatic nitrogens is 3. The van der Waals surface area contributed by atoms with Gasteiger partial charge in [0.2, 0.25) is 0 Å². The summed E-state index contributed by atoms with van der Waals surface area (Å²) in [5.74, 6) is 0. The summed E-state index contributed by atoms with van der Waals surface area (Å²) in [4.78, 5) is 10.3. The molecular weight excluding hydrogens is 198 g/mol. The van der Waals surface area contributed by atoms with E-state index in [0.29, 0.717) is 38.3 Å². The summed E-state index contributed by atoms with van der Waals surface area (Å²) in [6, 6.07) is 0. The summed E-state index contributed by atoms with van der Waals surface area (Å²) >= 11 is 0. The van der Waals surface area contributed by atoms with E-state index < -0.39 is 0 Å². The van der Waals surface area contributed by atoms with Crippen molar-refractivity contribution in [1.29, 1.82) is 0 Å². The highest BCUT2D eigenvalue weighted by molar-refractivity contribution is 5.70. The Balaban J connectivity index is 2.07. The van der Waals surface area contributed by atoms with Crippen LogP contribution < -0.4 is 0 Å². The van der Waals surface area contributed by atoms with E-state index in [1.54, 1.807) is 18.0 Å². The van der Waals surface area contributed by atoms with Crippen LogP contribution in [0.4, 0.5) is 0 Å². The second-order valence-electron chi connectivity index (χ2n) is 2.98. The molecule has 0 aliphatic carbocycles. The van der Waals surface area contributed by atoms with Gasteiger partial charge in [0, 0.05) is 20.3 Å². The molecule has 1 rings (SSSR count). The van der Waals surface area contributed by atoms with Gasteiger partial charge in [-0.2, -0.15) is 0 Å². The summed E-state index contributed by atoms with van der Waals surface area (Å²) in [5.41, 5.74) is 0.342. The maximum Gasteiger partial charge on any atom is 0.171 e. The molecule has 0 fully saturated rings. The molecule has 0 N–H and O–H groups in total. The first-order valence-corrected chi connectivity index (χ1v) is 4.79. The quantitative estimate of drug-likeness (QED) is 0.454. The van der Waals surface area contributed by atoms with Crippen molar-refractivity contribution >= 4 is 6.29 Å². The second kappa shape index (κ2) is 7.08. The molecule has 15 heavy (non-hydrogen) atoms. The Morgan fingerprint density at radius 1 is 1.47 bits per heavy atom. The van der Waals surface area contributed by atoms with Crippen molar-refractivity contribution in [3.8, 4) is 0 Å². The molecule has 0 bridgehead atoms. The van der Waals surface area contributed by atoms with Crippen LogP contribution in [-0.2, 0) is 16.0 Å². The van der Waals surface area contributed by atoms with Gasteiger partial charge in [-0.1, -0.05) is 5.21 Å². The van der Waals surface area contributed by atoms with Crippen molar-refractivity contribution in [2.45, 2.75) is 13.0 Å². The highest BCUT2D eigenvalue weighted by Gasteiger charge is 1.97. The van der Waals surface area contributed by atoms with E-state index in [4.69, 9.17) is 9.47 Å². The van der Waals surface area contributed by atoms with Crippen LogP contribution in [0, 0.1) is 0 Å². The first-order valence-electron chi connectivity index (χ1n) is 4.79. The zero-order chi connectivity index (χ0) is 10.9. The number of carbonyl (C=O) groups is 1. The molecule has 6 heteroatoms. The van der Waals surface area contributed by atoms with Gasteiger partial charge in [0.05, 0.1) is 19.3 Å². The number of hydrogen-bond acceptors (Lipinski definition) is 5. The Morgan fingerprint density at radius 3 is 3.00 bits per heavy atom. The molecule has 84 valence electrons. The molecule has 1 heterocycles. The van der Waals surface area contributed by atoms with Gasteiger partial charge in [0.1, 0.15) is 5.69 Å². The molecule has 0 aromatic carbocycles. The molecule has 1 aromatic heterocycles. The SMILES string of the molecule is COCCCOCCn1cc(C=O)nn1. The lowest BCUT2D eigenvalue weighted by Gasteiger charge is -2.03. The lowest BCUT2D eigenvalue weighted by molar-refractivity contribution is 0.0958. The van der Waals surface area contributed by atoms with E-state index in [-0.39, 0.29) is 0 Å². The van der Waals surface area contributed by atoms with E-state index in [9.17, 15) is 4.79 Å². The minimum Gasteiger partial charge on any atom is -0.385 e. The van der Waals surface area contributed by atoms with Crippen LogP contribution in [-0.4, -0.2) is 48.2 Å². The van der Waals surface area contributed by atoms with Gasteiger partial charge in [0.15, 0.2) is 6.29 Å². The highest BCUT2D eigenvalue weighted by Crippen LogP contribution is 1.90. The topological polar surface area (TPSA) is 66.2 Å². The number of ether oxygens (including phenoxy) is 2. The Morgan fingerprint density at radius 2 is 2.33 bits per heavy atom. The molecule has 0 spiro atoms. The number of methoxy groups -OCH3 is 1. The smallest absolute Gasteiger partial charge is 0.171 e. The highest BCUT2D eigenvalue weighted by atomic mass is 16.5. The van der Waals surface area contributed by atoms with Crippen LogP contribution in [0.1, 0.15) is 16.9 Å². The van der Waals surface area contributed by atoms with Gasteiger partial charge >= 0.3 is 0 Å². The van der Waals surface area contributed by atoms with Crippen molar-refractivity contribution in [1.82, 2.24) is 15.0 Å². The molecular formula is C9H15N3O3. The molecule has 0 saturated carbocycles. The largest absolute Gasteiger partial charge is 0.385 e. The van der Waals surface area contributed by atoms with Gasteiger partial charge in [-0.05, 0) is 6.42 Å². The zero-order valence-electron chi connectivity index (χ0n) is 8.76. The van der Waals surface area contributed by atoms with Gasteiger partial charge in [0.25, 0.3) is 0 Å². The molecule has 0 radical (unpaired) electrons. The predicted octanol–water partition coefficient (Wildman–Crippen LogP) is 0.144. The van der Waals surface area contributed by atoms with Crippen molar-refractivity contribution < 1.29 is 14.3 Å². The van der Waals surface area contributed by atoms with E-state index in [2.05, 4.69) is 10.3 Å². The summed E-state index contributed by atoms with van der Waals surface area (Å²) in [6.45, 7) is 2.54. The van der Waals surface area contributed by atoms with Gasteiger partial charge in [-0.15, -0.1) is 5.10 Å². The fraction of sp³-hybridized carbons (Fsp3) is 0.667. The molecule has 0 aliphatic rings. The molecule has 0 amide bonds. The van der Waals surface area contributed by atoms with E-state index >= 15 is 0 Å². The third-order valence-electron chi connectivity index (χ3n) is 1.78. The summed E-state index contributed by atoms with van der Waals surface area (Å²) in [6.07, 6.45) is 3.14. The molecule has 6 nitrogen and oxygen atoms in total. The van der Waals surface area contributed by atoms with Crippen LogP contribution in [0.2, 0.25) is 0 Å². The van der Waals surface area contributed by atoms with Crippen molar-refractivity contribution in [2.75, 3.05) is 26.9 Å². The van der Waals surface area contributed by atoms with E-state index in [1.807, 2.05) is 0 Å². The maximum absolute atomic E-state index is 10.3. The van der Waals surface area contributed by atoms with E-state index in [1.165, 1.54) is 0 Å². The summed E-state index contributed by atoms with van der Waals surface area (Å²) < 4.78 is 11.8. The summed E-state index contributed by atoms with van der Waals surface area (Å²) in [7, 11) is 1.66. The van der Waals surface area contributed by atoms with Crippen LogP contribution in [0.15, 0.2) is 6.20 Å². The van der Waals surface area contributed by atoms with Gasteiger partial charge in [-0.25, -0.2) is 4.68 Å². The number of rotatable bonds is 8. The Kier molecular flexibility index (Phi) is 5.57. The minimum atomic E-state index is 0.342. The molecule has 1 aromatic rings. The summed E-state index contributed by atoms with van der Waals surface area (Å²) in [5, 5.41) is 7.38. The normalized spacial score (nSPS) is 10.5. The van der Waals surface area contributed by atoms with Crippen LogP contribution in [0.5, 0.6) is 0 Å². The molecule has 0 atom stereocenters. The maximum atomic E-state index is 10.3. The lowest BCUT2D eigenvalue weighted by atomic mass is 10.5. The monoisotopic (exact) mass is 213 g/mol. The Bertz CT molecular complexity index is 288. The average molecular weight is 213 g/mol. The van der Waals surface area contributed by atoms with Crippen LogP contribution >= 0.6 is 0 Å². The van der Waals surface area contributed by atoms with Gasteiger partial charge < -0.3 is 9.47 Å². The third kappa shape index (κ3) is 4.66. The fourth-order valence-electron chi connectivity index (χ4n) is 1.04. The average Bonchev–Trinajstić information content (AvgIpc) is 2.71. The number of carbonyl (C=O) groups excluding carboxylic acids is 1. The van der Waals surface area contributed by atoms with Crippen LogP contribution in [0.3, 0.4) is 0 Å². The minimum absolute atomic E-state index is 0.342. The second-order valence-corrected chi connectivity index (χ2v) is 2.98.